The normalized spacial score (nSPS) is 17.4. The molecule has 0 spiro atoms. The summed E-state index contributed by atoms with van der Waals surface area (Å²) in [5.41, 5.74) is 0.467. The van der Waals surface area contributed by atoms with Crippen LogP contribution in [0.3, 0.4) is 0 Å². The number of nitrogens with zero attached hydrogens (tertiary/aromatic N) is 3. The average Bonchev–Trinajstić information content (AvgIpc) is 2.86. The van der Waals surface area contributed by atoms with Crippen LogP contribution in [0.2, 0.25) is 0 Å². The van der Waals surface area contributed by atoms with Gasteiger partial charge in [-0.1, -0.05) is 30.0 Å². The molecule has 0 saturated heterocycles. The first-order valence-electron chi connectivity index (χ1n) is 6.02. The van der Waals surface area contributed by atoms with Crippen molar-refractivity contribution in [1.29, 1.82) is 0 Å². The Bertz CT molecular complexity index is 642. The minimum absolute atomic E-state index is 0.00587. The Balaban J connectivity index is 1.80. The van der Waals surface area contributed by atoms with Crippen molar-refractivity contribution in [2.45, 2.75) is 23.0 Å². The minimum atomic E-state index is -0.00587. The summed E-state index contributed by atoms with van der Waals surface area (Å²) in [5.74, 6) is 1.78. The van der Waals surface area contributed by atoms with Crippen LogP contribution in [0.1, 0.15) is 11.7 Å². The lowest BCUT2D eigenvalue weighted by atomic mass is 10.3. The Morgan fingerprint density at radius 3 is 2.95 bits per heavy atom. The van der Waals surface area contributed by atoms with Crippen molar-refractivity contribution >= 4 is 23.5 Å². The first kappa shape index (κ1) is 12.7. The summed E-state index contributed by atoms with van der Waals surface area (Å²) in [4.78, 5) is 13.3. The maximum atomic E-state index is 12.1. The highest BCUT2D eigenvalue weighted by atomic mass is 32.2. The summed E-state index contributed by atoms with van der Waals surface area (Å²) in [5, 5.41) is 8.73. The number of aromatic nitrogens is 3. The van der Waals surface area contributed by atoms with E-state index in [1.165, 1.54) is 4.90 Å². The summed E-state index contributed by atoms with van der Waals surface area (Å²) in [6.07, 6.45) is 0. The molecule has 98 valence electrons. The number of rotatable bonds is 3. The molecule has 19 heavy (non-hydrogen) atoms. The molecular weight excluding hydrogens is 278 g/mol. The van der Waals surface area contributed by atoms with Crippen LogP contribution < -0.4 is 5.56 Å². The van der Waals surface area contributed by atoms with Gasteiger partial charge in [-0.15, -0.1) is 22.0 Å². The number of thioether (sulfide) groups is 2. The molecule has 0 saturated carbocycles. The van der Waals surface area contributed by atoms with Gasteiger partial charge in [-0.3, -0.25) is 9.36 Å². The Labute approximate surface area is 119 Å². The van der Waals surface area contributed by atoms with Crippen LogP contribution >= 0.6 is 23.5 Å². The molecule has 6 heteroatoms. The van der Waals surface area contributed by atoms with Crippen LogP contribution in [0.15, 0.2) is 45.2 Å². The second-order valence-corrected chi connectivity index (χ2v) is 6.41. The van der Waals surface area contributed by atoms with Gasteiger partial charge in [-0.25, -0.2) is 0 Å². The zero-order chi connectivity index (χ0) is 13.2. The molecule has 1 atom stereocenters. The highest BCUT2D eigenvalue weighted by Crippen LogP contribution is 2.33. The summed E-state index contributed by atoms with van der Waals surface area (Å²) in [7, 11) is 0. The van der Waals surface area contributed by atoms with Crippen LogP contribution in [-0.4, -0.2) is 26.3 Å². The van der Waals surface area contributed by atoms with Crippen molar-refractivity contribution < 1.29 is 0 Å². The zero-order valence-electron chi connectivity index (χ0n) is 10.4. The smallest absolute Gasteiger partial charge is 0.276 e. The third kappa shape index (κ3) is 2.55. The lowest BCUT2D eigenvalue weighted by Gasteiger charge is -2.12. The van der Waals surface area contributed by atoms with Crippen molar-refractivity contribution in [1.82, 2.24) is 14.8 Å². The van der Waals surface area contributed by atoms with Gasteiger partial charge in [0, 0.05) is 16.4 Å². The van der Waals surface area contributed by atoms with Crippen LogP contribution in [-0.2, 0) is 0 Å². The predicted molar refractivity (Wildman–Crippen MR) is 78.0 cm³/mol. The summed E-state index contributed by atoms with van der Waals surface area (Å²) < 4.78 is 1.79. The van der Waals surface area contributed by atoms with Gasteiger partial charge < -0.3 is 0 Å². The molecule has 3 rings (SSSR count). The van der Waals surface area contributed by atoms with Crippen molar-refractivity contribution in [3.63, 3.8) is 0 Å². The SMILES string of the molecule is Cc1nnc2n(c1=O)[C@H](CSc1ccccc1)CS2. The molecule has 0 fully saturated rings. The van der Waals surface area contributed by atoms with Crippen LogP contribution in [0.4, 0.5) is 0 Å². The molecule has 1 aliphatic heterocycles. The fraction of sp³-hybridized carbons (Fsp3) is 0.308. The van der Waals surface area contributed by atoms with Gasteiger partial charge in [0.25, 0.3) is 5.56 Å². The van der Waals surface area contributed by atoms with E-state index in [0.29, 0.717) is 5.69 Å². The van der Waals surface area contributed by atoms with E-state index in [-0.39, 0.29) is 11.6 Å². The molecule has 1 aromatic carbocycles. The van der Waals surface area contributed by atoms with E-state index < -0.39 is 0 Å². The first-order valence-corrected chi connectivity index (χ1v) is 7.99. The molecule has 1 aliphatic rings. The van der Waals surface area contributed by atoms with Crippen LogP contribution in [0.5, 0.6) is 0 Å². The maximum absolute atomic E-state index is 12.1. The summed E-state index contributed by atoms with van der Waals surface area (Å²) in [6, 6.07) is 10.4. The third-order valence-corrected chi connectivity index (χ3v) is 5.22. The van der Waals surface area contributed by atoms with Crippen LogP contribution in [0, 0.1) is 6.92 Å². The van der Waals surface area contributed by atoms with E-state index in [4.69, 9.17) is 0 Å². The van der Waals surface area contributed by atoms with E-state index in [1.54, 1.807) is 35.0 Å². The second kappa shape index (κ2) is 5.38. The lowest BCUT2D eigenvalue weighted by molar-refractivity contribution is 0.526. The van der Waals surface area contributed by atoms with E-state index >= 15 is 0 Å². The number of benzene rings is 1. The van der Waals surface area contributed by atoms with Crippen LogP contribution in [0.25, 0.3) is 0 Å². The number of fused-ring (bicyclic) bond motifs is 1. The van der Waals surface area contributed by atoms with Gasteiger partial charge >= 0.3 is 0 Å². The molecule has 1 aromatic heterocycles. The van der Waals surface area contributed by atoms with Crippen molar-refractivity contribution in [2.75, 3.05) is 11.5 Å². The third-order valence-electron chi connectivity index (χ3n) is 2.98. The molecule has 0 aliphatic carbocycles. The fourth-order valence-corrected chi connectivity index (χ4v) is 4.20. The average molecular weight is 291 g/mol. The Morgan fingerprint density at radius 2 is 2.16 bits per heavy atom. The van der Waals surface area contributed by atoms with Crippen molar-refractivity contribution in [3.8, 4) is 0 Å². The Morgan fingerprint density at radius 1 is 1.37 bits per heavy atom. The van der Waals surface area contributed by atoms with Gasteiger partial charge in [-0.05, 0) is 19.1 Å². The topological polar surface area (TPSA) is 47.8 Å². The molecule has 0 amide bonds. The molecule has 0 bridgehead atoms. The highest BCUT2D eigenvalue weighted by Gasteiger charge is 2.26. The Kier molecular flexibility index (Phi) is 3.61. The number of hydrogen-bond donors (Lipinski definition) is 0. The first-order chi connectivity index (χ1) is 9.25. The largest absolute Gasteiger partial charge is 0.280 e. The zero-order valence-corrected chi connectivity index (χ0v) is 12.1. The molecule has 2 aromatic rings. The fourth-order valence-electron chi connectivity index (χ4n) is 1.97. The van der Waals surface area contributed by atoms with Gasteiger partial charge in [0.1, 0.15) is 5.69 Å². The van der Waals surface area contributed by atoms with Gasteiger partial charge in [0.05, 0.1) is 6.04 Å². The van der Waals surface area contributed by atoms with Crippen molar-refractivity contribution in [3.05, 3.63) is 46.4 Å². The molecule has 2 heterocycles. The summed E-state index contributed by atoms with van der Waals surface area (Å²) in [6.45, 7) is 1.72. The standard InChI is InChI=1S/C13H13N3OS2/c1-9-12(17)16-10(8-19-13(16)15-14-9)7-18-11-5-3-2-4-6-11/h2-6,10H,7-8H2,1H3/t10-/m1/s1. The van der Waals surface area contributed by atoms with E-state index in [1.807, 2.05) is 18.2 Å². The van der Waals surface area contributed by atoms with Gasteiger partial charge in [0.15, 0.2) is 5.16 Å². The minimum Gasteiger partial charge on any atom is -0.280 e. The molecule has 0 N–H and O–H groups in total. The highest BCUT2D eigenvalue weighted by molar-refractivity contribution is 8.00. The lowest BCUT2D eigenvalue weighted by Crippen LogP contribution is -2.28. The van der Waals surface area contributed by atoms with E-state index in [9.17, 15) is 4.79 Å². The molecule has 0 unspecified atom stereocenters. The molecule has 0 radical (unpaired) electrons. The number of hydrogen-bond acceptors (Lipinski definition) is 5. The van der Waals surface area contributed by atoms with E-state index in [2.05, 4.69) is 22.3 Å². The van der Waals surface area contributed by atoms with Gasteiger partial charge in [-0.2, -0.15) is 0 Å². The quantitative estimate of drug-likeness (QED) is 0.813. The Hall–Kier alpha value is -1.27. The molecular formula is C13H13N3OS2. The van der Waals surface area contributed by atoms with E-state index in [0.717, 1.165) is 16.7 Å². The number of aryl methyl sites for hydroxylation is 1. The summed E-state index contributed by atoms with van der Waals surface area (Å²) >= 11 is 3.38. The monoisotopic (exact) mass is 291 g/mol. The van der Waals surface area contributed by atoms with Crippen molar-refractivity contribution in [2.24, 2.45) is 0 Å². The predicted octanol–water partition coefficient (Wildman–Crippen LogP) is 2.39. The maximum Gasteiger partial charge on any atom is 0.276 e. The van der Waals surface area contributed by atoms with Gasteiger partial charge in [0.2, 0.25) is 0 Å². The molecule has 4 nitrogen and oxygen atoms in total. The second-order valence-electron chi connectivity index (χ2n) is 4.33.